The van der Waals surface area contributed by atoms with Crippen LogP contribution in [-0.4, -0.2) is 56.3 Å². The molecular formula is C26H29FN4O2. The minimum Gasteiger partial charge on any atom is -0.378 e. The van der Waals surface area contributed by atoms with E-state index in [1.165, 1.54) is 6.07 Å². The predicted octanol–water partition coefficient (Wildman–Crippen LogP) is 3.92. The molecule has 33 heavy (non-hydrogen) atoms. The average Bonchev–Trinajstić information content (AvgIpc) is 2.85. The highest BCUT2D eigenvalue weighted by Gasteiger charge is 2.32. The number of pyridine rings is 1. The van der Waals surface area contributed by atoms with Crippen LogP contribution < -0.4 is 15.1 Å². The summed E-state index contributed by atoms with van der Waals surface area (Å²) in [5.74, 6) is -0.256. The van der Waals surface area contributed by atoms with Crippen LogP contribution in [0.5, 0.6) is 0 Å². The van der Waals surface area contributed by atoms with Crippen molar-refractivity contribution in [3.05, 3.63) is 65.6 Å². The van der Waals surface area contributed by atoms with E-state index in [4.69, 9.17) is 4.74 Å². The Labute approximate surface area is 193 Å². The van der Waals surface area contributed by atoms with Gasteiger partial charge in [-0.25, -0.2) is 9.37 Å². The Bertz CT molecular complexity index is 1150. The summed E-state index contributed by atoms with van der Waals surface area (Å²) in [7, 11) is 0. The molecule has 1 N–H and O–H groups in total. The fourth-order valence-electron chi connectivity index (χ4n) is 4.88. The molecule has 2 saturated heterocycles. The molecule has 3 heterocycles. The maximum atomic E-state index is 15.4. The highest BCUT2D eigenvalue weighted by molar-refractivity contribution is 6.11. The molecule has 2 aromatic carbocycles. The smallest absolute Gasteiger partial charge is 0.262 e. The summed E-state index contributed by atoms with van der Waals surface area (Å²) in [6.07, 6.45) is 3.53. The van der Waals surface area contributed by atoms with Gasteiger partial charge in [-0.2, -0.15) is 0 Å². The fourth-order valence-corrected chi connectivity index (χ4v) is 4.88. The number of hydrogen-bond donors (Lipinski definition) is 1. The molecule has 2 fully saturated rings. The van der Waals surface area contributed by atoms with Gasteiger partial charge in [-0.05, 0) is 61.5 Å². The van der Waals surface area contributed by atoms with E-state index in [0.29, 0.717) is 38.7 Å². The van der Waals surface area contributed by atoms with Crippen molar-refractivity contribution in [2.24, 2.45) is 0 Å². The van der Waals surface area contributed by atoms with Crippen LogP contribution in [0.1, 0.15) is 28.8 Å². The lowest BCUT2D eigenvalue weighted by Gasteiger charge is -2.35. The molecule has 0 saturated carbocycles. The summed E-state index contributed by atoms with van der Waals surface area (Å²) in [4.78, 5) is 22.3. The summed E-state index contributed by atoms with van der Waals surface area (Å²) in [5.41, 5.74) is 1.89. The number of carbonyl (C=O) groups is 1. The number of morpholine rings is 1. The number of aromatic nitrogens is 1. The first kappa shape index (κ1) is 21.8. The molecule has 1 aromatic heterocycles. The number of aryl methyl sites for hydroxylation is 1. The van der Waals surface area contributed by atoms with Gasteiger partial charge in [-0.15, -0.1) is 0 Å². The number of rotatable bonds is 4. The van der Waals surface area contributed by atoms with Gasteiger partial charge in [0.2, 0.25) is 0 Å². The van der Waals surface area contributed by atoms with E-state index in [2.05, 4.69) is 15.2 Å². The second kappa shape index (κ2) is 9.45. The number of amides is 1. The van der Waals surface area contributed by atoms with Crippen LogP contribution in [0, 0.1) is 12.7 Å². The largest absolute Gasteiger partial charge is 0.378 e. The second-order valence-electron chi connectivity index (χ2n) is 8.75. The zero-order valence-corrected chi connectivity index (χ0v) is 18.9. The van der Waals surface area contributed by atoms with E-state index in [1.54, 1.807) is 17.2 Å². The standard InChI is InChI=1S/C26H29FN4O2/c1-18-4-2-5-19-9-11-29-25(24(18)19)31(21-6-3-10-28-17-21)26(32)22-8-7-20(16-23(22)27)30-12-14-33-15-13-30/h2,4-5,7-9,11,16,21,28H,3,6,10,12-15,17H2,1H3/t21-/m1/s1. The topological polar surface area (TPSA) is 57.7 Å². The molecule has 172 valence electrons. The maximum absolute atomic E-state index is 15.4. The van der Waals surface area contributed by atoms with E-state index in [0.717, 1.165) is 41.4 Å². The van der Waals surface area contributed by atoms with Crippen LogP contribution in [0.25, 0.3) is 10.8 Å². The first-order valence-corrected chi connectivity index (χ1v) is 11.6. The number of ether oxygens (including phenoxy) is 1. The highest BCUT2D eigenvalue weighted by atomic mass is 19.1. The lowest BCUT2D eigenvalue weighted by atomic mass is 10.0. The lowest BCUT2D eigenvalue weighted by Crippen LogP contribution is -2.49. The van der Waals surface area contributed by atoms with Crippen LogP contribution in [0.3, 0.4) is 0 Å². The fraction of sp³-hybridized carbons (Fsp3) is 0.385. The van der Waals surface area contributed by atoms with Crippen LogP contribution >= 0.6 is 0 Å². The molecule has 2 aliphatic rings. The zero-order chi connectivity index (χ0) is 22.8. The van der Waals surface area contributed by atoms with Crippen molar-refractivity contribution in [1.29, 1.82) is 0 Å². The van der Waals surface area contributed by atoms with Crippen molar-refractivity contribution in [1.82, 2.24) is 10.3 Å². The number of carbonyl (C=O) groups excluding carboxylic acids is 1. The van der Waals surface area contributed by atoms with Crippen molar-refractivity contribution in [2.45, 2.75) is 25.8 Å². The molecule has 1 atom stereocenters. The number of hydrogen-bond acceptors (Lipinski definition) is 5. The van der Waals surface area contributed by atoms with Gasteiger partial charge in [0.05, 0.1) is 24.8 Å². The van der Waals surface area contributed by atoms with E-state index in [9.17, 15) is 4.79 Å². The van der Waals surface area contributed by atoms with Crippen molar-refractivity contribution in [3.63, 3.8) is 0 Å². The maximum Gasteiger partial charge on any atom is 0.262 e. The Hall–Kier alpha value is -3.03. The van der Waals surface area contributed by atoms with Gasteiger partial charge in [0.1, 0.15) is 11.6 Å². The van der Waals surface area contributed by atoms with Gasteiger partial charge >= 0.3 is 0 Å². The van der Waals surface area contributed by atoms with Gasteiger partial charge in [-0.3, -0.25) is 9.69 Å². The summed E-state index contributed by atoms with van der Waals surface area (Å²) in [6, 6.07) is 12.8. The normalized spacial score (nSPS) is 19.0. The van der Waals surface area contributed by atoms with Crippen molar-refractivity contribution < 1.29 is 13.9 Å². The van der Waals surface area contributed by atoms with Gasteiger partial charge in [0.15, 0.2) is 0 Å². The number of halogens is 1. The summed E-state index contributed by atoms with van der Waals surface area (Å²) >= 11 is 0. The van der Waals surface area contributed by atoms with Crippen molar-refractivity contribution >= 4 is 28.2 Å². The predicted molar refractivity (Wildman–Crippen MR) is 129 cm³/mol. The molecular weight excluding hydrogens is 419 g/mol. The first-order chi connectivity index (χ1) is 16.1. The monoisotopic (exact) mass is 448 g/mol. The third-order valence-corrected chi connectivity index (χ3v) is 6.62. The number of benzene rings is 2. The molecule has 6 nitrogen and oxygen atoms in total. The Morgan fingerprint density at radius 2 is 2.06 bits per heavy atom. The molecule has 7 heteroatoms. The summed E-state index contributed by atoms with van der Waals surface area (Å²) in [5, 5.41) is 5.34. The van der Waals surface area contributed by atoms with Gasteiger partial charge in [0.25, 0.3) is 5.91 Å². The van der Waals surface area contributed by atoms with Gasteiger partial charge in [-0.1, -0.05) is 18.2 Å². The summed E-state index contributed by atoms with van der Waals surface area (Å²) < 4.78 is 20.7. The average molecular weight is 449 g/mol. The molecule has 1 amide bonds. The number of piperidine rings is 1. The molecule has 5 rings (SSSR count). The first-order valence-electron chi connectivity index (χ1n) is 11.6. The molecule has 0 unspecified atom stereocenters. The van der Waals surface area contributed by atoms with E-state index in [1.807, 2.05) is 37.3 Å². The zero-order valence-electron chi connectivity index (χ0n) is 18.9. The van der Waals surface area contributed by atoms with Crippen LogP contribution in [0.2, 0.25) is 0 Å². The lowest BCUT2D eigenvalue weighted by molar-refractivity contribution is 0.0967. The molecule has 0 bridgehead atoms. The molecule has 0 radical (unpaired) electrons. The third-order valence-electron chi connectivity index (χ3n) is 6.62. The number of anilines is 2. The van der Waals surface area contributed by atoms with Gasteiger partial charge in [0, 0.05) is 36.9 Å². The van der Waals surface area contributed by atoms with Crippen LogP contribution in [-0.2, 0) is 4.74 Å². The summed E-state index contributed by atoms with van der Waals surface area (Å²) in [6.45, 7) is 6.27. The van der Waals surface area contributed by atoms with E-state index in [-0.39, 0.29) is 17.5 Å². The number of nitrogens with one attached hydrogen (secondary N) is 1. The SMILES string of the molecule is Cc1cccc2ccnc(N(C(=O)c3ccc(N4CCOCC4)cc3F)[C@@H]3CCCNC3)c12. The Balaban J connectivity index is 1.56. The minimum absolute atomic E-state index is 0.0740. The number of fused-ring (bicyclic) bond motifs is 1. The van der Waals surface area contributed by atoms with E-state index >= 15 is 4.39 Å². The quantitative estimate of drug-likeness (QED) is 0.656. The molecule has 0 spiro atoms. The molecule has 2 aliphatic heterocycles. The second-order valence-corrected chi connectivity index (χ2v) is 8.75. The number of nitrogens with zero attached hydrogens (tertiary/aromatic N) is 3. The minimum atomic E-state index is -0.505. The Kier molecular flexibility index (Phi) is 6.24. The highest BCUT2D eigenvalue weighted by Crippen LogP contribution is 2.32. The Morgan fingerprint density at radius 1 is 1.21 bits per heavy atom. The molecule has 0 aliphatic carbocycles. The third kappa shape index (κ3) is 4.30. The van der Waals surface area contributed by atoms with E-state index < -0.39 is 5.82 Å². The van der Waals surface area contributed by atoms with Crippen molar-refractivity contribution in [3.8, 4) is 0 Å². The Morgan fingerprint density at radius 3 is 2.82 bits per heavy atom. The van der Waals surface area contributed by atoms with Crippen LogP contribution in [0.15, 0.2) is 48.7 Å². The van der Waals surface area contributed by atoms with Crippen LogP contribution in [0.4, 0.5) is 15.9 Å². The molecule has 3 aromatic rings. The van der Waals surface area contributed by atoms with Crippen molar-refractivity contribution in [2.75, 3.05) is 49.2 Å². The van der Waals surface area contributed by atoms with Gasteiger partial charge < -0.3 is 15.0 Å².